The number of hydrogen-bond acceptors (Lipinski definition) is 3. The molecule has 13 rings (SSSR count). The van der Waals surface area contributed by atoms with Crippen LogP contribution in [0.15, 0.2) is 205 Å². The van der Waals surface area contributed by atoms with Gasteiger partial charge in [-0.25, -0.2) is 0 Å². The Morgan fingerprint density at radius 2 is 0.983 bits per heavy atom. The fourth-order valence-corrected chi connectivity index (χ4v) is 10.1. The highest BCUT2D eigenvalue weighted by molar-refractivity contribution is 6.06. The first-order chi connectivity index (χ1) is 29.2. The molecule has 1 aliphatic heterocycles. The van der Waals surface area contributed by atoms with Gasteiger partial charge < -0.3 is 18.8 Å². The van der Waals surface area contributed by atoms with Crippen molar-refractivity contribution in [2.24, 2.45) is 0 Å². The number of hydrogen-bond donors (Lipinski definition) is 0. The van der Waals surface area contributed by atoms with Gasteiger partial charge in [-0.1, -0.05) is 121 Å². The van der Waals surface area contributed by atoms with E-state index >= 15 is 0 Å². The van der Waals surface area contributed by atoms with Crippen molar-refractivity contribution in [2.75, 3.05) is 4.90 Å². The second-order valence-corrected chi connectivity index (χ2v) is 15.6. The molecular weight excluding hydrogens is 723 g/mol. The van der Waals surface area contributed by atoms with E-state index in [1.165, 1.54) is 49.9 Å². The fraction of sp³-hybridized carbons (Fsp3) is 0.0182. The van der Waals surface area contributed by atoms with Crippen LogP contribution >= 0.6 is 0 Å². The SMILES string of the molecule is c1ccc(N(c2cccc(-c3ccc4[oH+]c5ccccc5c4c3)c2)c2cccc3c2Oc2cc4c(cc2O3)-c2ccccc2C42c3ccccc3-c3ccccc32)cc1. The molecule has 2 heterocycles. The maximum Gasteiger partial charge on any atom is 0.269 e. The van der Waals surface area contributed by atoms with E-state index in [-0.39, 0.29) is 0 Å². The molecule has 276 valence electrons. The van der Waals surface area contributed by atoms with Crippen molar-refractivity contribution in [1.82, 2.24) is 0 Å². The van der Waals surface area contributed by atoms with Gasteiger partial charge in [-0.05, 0) is 122 Å². The molecule has 1 spiro atoms. The summed E-state index contributed by atoms with van der Waals surface area (Å²) in [5.41, 5.74) is 16.7. The molecule has 0 atom stereocenters. The summed E-state index contributed by atoms with van der Waals surface area (Å²) < 4.78 is 18.9. The molecule has 10 aromatic rings. The number of fused-ring (bicyclic) bond motifs is 15. The maximum atomic E-state index is 7.16. The number of ether oxygens (including phenoxy) is 2. The van der Waals surface area contributed by atoms with E-state index in [0.717, 1.165) is 44.7 Å². The molecule has 4 nitrogen and oxygen atoms in total. The Labute approximate surface area is 340 Å². The molecule has 0 unspecified atom stereocenters. The van der Waals surface area contributed by atoms with E-state index in [9.17, 15) is 0 Å². The molecule has 0 fully saturated rings. The van der Waals surface area contributed by atoms with Gasteiger partial charge in [0.05, 0.1) is 21.9 Å². The van der Waals surface area contributed by atoms with Crippen LogP contribution in [-0.4, -0.2) is 0 Å². The van der Waals surface area contributed by atoms with Crippen molar-refractivity contribution in [3.63, 3.8) is 0 Å². The van der Waals surface area contributed by atoms with E-state index in [1.54, 1.807) is 0 Å². The second kappa shape index (κ2) is 12.1. The third-order valence-electron chi connectivity index (χ3n) is 12.6. The maximum absolute atomic E-state index is 7.16. The van der Waals surface area contributed by atoms with Crippen LogP contribution in [0.1, 0.15) is 22.3 Å². The Morgan fingerprint density at radius 1 is 0.373 bits per heavy atom. The van der Waals surface area contributed by atoms with Crippen molar-refractivity contribution in [2.45, 2.75) is 5.41 Å². The molecule has 3 aliphatic rings. The standard InChI is InChI=1S/C55H33NO3/c1-2-15-36(16-3-1)56(37-17-12-14-34(30-37)35-28-29-50-43(31-35)41-21-7-11-26-49(41)57-50)48-25-13-27-51-54(48)59-53-33-47-42(32-52(53)58-51)40-20-6-10-24-46(40)55(47)44-22-8-4-18-38(44)39-19-5-9-23-45(39)55/h1-33H/p+1. The quantitative estimate of drug-likeness (QED) is 0.168. The van der Waals surface area contributed by atoms with E-state index in [2.05, 4.69) is 187 Å². The van der Waals surface area contributed by atoms with Crippen LogP contribution in [0.4, 0.5) is 17.1 Å². The Hall–Kier alpha value is -7.82. The van der Waals surface area contributed by atoms with Crippen molar-refractivity contribution in [3.8, 4) is 56.4 Å². The minimum atomic E-state index is -0.485. The monoisotopic (exact) mass is 756 g/mol. The molecule has 0 bridgehead atoms. The van der Waals surface area contributed by atoms with Gasteiger partial charge >= 0.3 is 0 Å². The molecule has 0 radical (unpaired) electrons. The number of rotatable bonds is 4. The Bertz CT molecular complexity index is 3320. The van der Waals surface area contributed by atoms with Gasteiger partial charge in [0.1, 0.15) is 0 Å². The van der Waals surface area contributed by atoms with E-state index in [4.69, 9.17) is 13.9 Å². The lowest BCUT2D eigenvalue weighted by Gasteiger charge is -2.32. The number of nitrogens with zero attached hydrogens (tertiary/aromatic N) is 1. The topological polar surface area (TPSA) is 34.5 Å². The molecule has 9 aromatic carbocycles. The summed E-state index contributed by atoms with van der Waals surface area (Å²) in [7, 11) is 0. The zero-order chi connectivity index (χ0) is 38.7. The summed E-state index contributed by atoms with van der Waals surface area (Å²) in [6.45, 7) is 0. The molecule has 4 heteroatoms. The van der Waals surface area contributed by atoms with Crippen molar-refractivity contribution < 1.29 is 13.9 Å². The van der Waals surface area contributed by atoms with Crippen LogP contribution in [0.2, 0.25) is 0 Å². The van der Waals surface area contributed by atoms with E-state index in [0.29, 0.717) is 23.0 Å². The number of anilines is 3. The lowest BCUT2D eigenvalue weighted by Crippen LogP contribution is -2.25. The van der Waals surface area contributed by atoms with Gasteiger partial charge in [0.25, 0.3) is 11.2 Å². The van der Waals surface area contributed by atoms with Gasteiger partial charge in [-0.15, -0.1) is 0 Å². The third kappa shape index (κ3) is 4.48. The van der Waals surface area contributed by atoms with Crippen LogP contribution in [-0.2, 0) is 5.41 Å². The minimum absolute atomic E-state index is 0.485. The summed E-state index contributed by atoms with van der Waals surface area (Å²) in [5.74, 6) is 2.74. The molecule has 0 amide bonds. The number of furan rings is 1. The highest BCUT2D eigenvalue weighted by atomic mass is 16.6. The molecule has 1 aromatic heterocycles. The van der Waals surface area contributed by atoms with Gasteiger partial charge in [0.15, 0.2) is 23.0 Å². The van der Waals surface area contributed by atoms with E-state index < -0.39 is 5.41 Å². The van der Waals surface area contributed by atoms with Crippen LogP contribution < -0.4 is 14.4 Å². The van der Waals surface area contributed by atoms with Crippen molar-refractivity contribution >= 4 is 39.0 Å². The second-order valence-electron chi connectivity index (χ2n) is 15.6. The zero-order valence-electron chi connectivity index (χ0n) is 31.8. The molecule has 1 N–H and O–H groups in total. The molecule has 0 saturated carbocycles. The molecular formula is C55H34NO3+. The van der Waals surface area contributed by atoms with Crippen molar-refractivity contribution in [1.29, 1.82) is 0 Å². The number of para-hydroxylation sites is 3. The summed E-state index contributed by atoms with van der Waals surface area (Å²) in [6, 6.07) is 71.3. The molecule has 2 aliphatic carbocycles. The van der Waals surface area contributed by atoms with Crippen LogP contribution in [0, 0.1) is 0 Å². The summed E-state index contributed by atoms with van der Waals surface area (Å²) in [4.78, 5) is 2.27. The first-order valence-electron chi connectivity index (χ1n) is 20.1. The van der Waals surface area contributed by atoms with Crippen LogP contribution in [0.25, 0.3) is 55.3 Å². The largest absolute Gasteiger partial charge is 0.545 e. The zero-order valence-corrected chi connectivity index (χ0v) is 31.8. The first-order valence-corrected chi connectivity index (χ1v) is 20.1. The van der Waals surface area contributed by atoms with Gasteiger partial charge in [0.2, 0.25) is 0 Å². The molecule has 0 saturated heterocycles. The highest BCUT2D eigenvalue weighted by Gasteiger charge is 2.52. The van der Waals surface area contributed by atoms with Crippen LogP contribution in [0.3, 0.4) is 0 Å². The smallest absolute Gasteiger partial charge is 0.269 e. The average molecular weight is 757 g/mol. The summed E-state index contributed by atoms with van der Waals surface area (Å²) in [6.07, 6.45) is 0. The van der Waals surface area contributed by atoms with Crippen molar-refractivity contribution in [3.05, 3.63) is 222 Å². The highest BCUT2D eigenvalue weighted by Crippen LogP contribution is 2.65. The lowest BCUT2D eigenvalue weighted by molar-refractivity contribution is 0.360. The predicted octanol–water partition coefficient (Wildman–Crippen LogP) is 15.1. The average Bonchev–Trinajstić information content (AvgIpc) is 3.92. The fourth-order valence-electron chi connectivity index (χ4n) is 10.1. The predicted molar refractivity (Wildman–Crippen MR) is 238 cm³/mol. The Morgan fingerprint density at radius 3 is 1.76 bits per heavy atom. The normalized spacial score (nSPS) is 13.5. The summed E-state index contributed by atoms with van der Waals surface area (Å²) in [5, 5.41) is 2.33. The Balaban J connectivity index is 0.964. The first kappa shape index (κ1) is 32.3. The summed E-state index contributed by atoms with van der Waals surface area (Å²) >= 11 is 0. The van der Waals surface area contributed by atoms with Gasteiger partial charge in [0, 0.05) is 23.5 Å². The van der Waals surface area contributed by atoms with Crippen LogP contribution in [0.5, 0.6) is 23.0 Å². The Kier molecular flexibility index (Phi) is 6.62. The minimum Gasteiger partial charge on any atom is -0.545 e. The van der Waals surface area contributed by atoms with Gasteiger partial charge in [-0.3, -0.25) is 0 Å². The lowest BCUT2D eigenvalue weighted by atomic mass is 9.70. The number of benzene rings is 9. The third-order valence-corrected chi connectivity index (χ3v) is 12.6. The van der Waals surface area contributed by atoms with Gasteiger partial charge in [-0.2, -0.15) is 0 Å². The molecule has 59 heavy (non-hydrogen) atoms. The van der Waals surface area contributed by atoms with E-state index in [1.807, 2.05) is 18.2 Å².